The average molecular weight is 372 g/mol. The van der Waals surface area contributed by atoms with Crippen LogP contribution >= 0.6 is 0 Å². The van der Waals surface area contributed by atoms with Gasteiger partial charge in [0.05, 0.1) is 36.0 Å². The first kappa shape index (κ1) is 16.9. The van der Waals surface area contributed by atoms with E-state index in [1.54, 1.807) is 6.20 Å². The summed E-state index contributed by atoms with van der Waals surface area (Å²) in [6, 6.07) is 14.6. The molecule has 0 amide bonds. The van der Waals surface area contributed by atoms with Crippen LogP contribution in [0.1, 0.15) is 25.0 Å². The molecule has 3 aliphatic rings. The van der Waals surface area contributed by atoms with Crippen molar-refractivity contribution in [2.45, 2.75) is 31.9 Å². The number of fused-ring (bicyclic) bond motifs is 1. The van der Waals surface area contributed by atoms with Crippen molar-refractivity contribution in [3.8, 4) is 5.75 Å². The van der Waals surface area contributed by atoms with Crippen molar-refractivity contribution in [3.63, 3.8) is 0 Å². The third-order valence-corrected chi connectivity index (χ3v) is 5.42. The molecule has 6 nitrogen and oxygen atoms in total. The van der Waals surface area contributed by atoms with Gasteiger partial charge < -0.3 is 4.74 Å². The fourth-order valence-corrected chi connectivity index (χ4v) is 3.79. The second-order valence-electron chi connectivity index (χ2n) is 7.17. The molecule has 1 atom stereocenters. The maximum absolute atomic E-state index is 6.02. The van der Waals surface area contributed by atoms with E-state index in [-0.39, 0.29) is 0 Å². The number of rotatable bonds is 6. The molecule has 0 spiro atoms. The summed E-state index contributed by atoms with van der Waals surface area (Å²) in [5.41, 5.74) is 3.08. The summed E-state index contributed by atoms with van der Waals surface area (Å²) in [5, 5.41) is 2.42. The summed E-state index contributed by atoms with van der Waals surface area (Å²) in [7, 11) is 0. The van der Waals surface area contributed by atoms with Gasteiger partial charge >= 0.3 is 0 Å². The van der Waals surface area contributed by atoms with Crippen molar-refractivity contribution in [2.75, 3.05) is 5.01 Å². The van der Waals surface area contributed by atoms with Crippen molar-refractivity contribution in [1.82, 2.24) is 4.98 Å². The predicted molar refractivity (Wildman–Crippen MR) is 110 cm³/mol. The minimum Gasteiger partial charge on any atom is -0.487 e. The number of aliphatic imine (C=N–C) groups is 2. The van der Waals surface area contributed by atoms with Crippen LogP contribution in [0.2, 0.25) is 0 Å². The van der Waals surface area contributed by atoms with Gasteiger partial charge in [-0.25, -0.2) is 10.0 Å². The van der Waals surface area contributed by atoms with Crippen LogP contribution in [0.5, 0.6) is 5.75 Å². The van der Waals surface area contributed by atoms with E-state index in [0.29, 0.717) is 17.2 Å². The summed E-state index contributed by atoms with van der Waals surface area (Å²) >= 11 is 0. The third kappa shape index (κ3) is 2.92. The Balaban J connectivity index is 1.45. The molecule has 1 saturated carbocycles. The Kier molecular flexibility index (Phi) is 4.25. The smallest absolute Gasteiger partial charge is 0.225 e. The fourth-order valence-electron chi connectivity index (χ4n) is 3.79. The Morgan fingerprint density at radius 2 is 2.07 bits per heavy atom. The van der Waals surface area contributed by atoms with E-state index in [1.165, 1.54) is 19.3 Å². The van der Waals surface area contributed by atoms with Gasteiger partial charge in [-0.15, -0.1) is 4.59 Å². The molecule has 0 radical (unpaired) electrons. The second kappa shape index (κ2) is 7.05. The first-order chi connectivity index (χ1) is 13.9. The minimum atomic E-state index is 0.451. The Hall–Kier alpha value is -3.25. The highest BCUT2D eigenvalue weighted by molar-refractivity contribution is 5.82. The lowest BCUT2D eigenvalue weighted by molar-refractivity contribution is -0.746. The summed E-state index contributed by atoms with van der Waals surface area (Å²) < 4.78 is 6.48. The minimum absolute atomic E-state index is 0.451. The van der Waals surface area contributed by atoms with E-state index in [9.17, 15) is 0 Å². The van der Waals surface area contributed by atoms with Crippen LogP contribution in [-0.4, -0.2) is 28.2 Å². The Labute approximate surface area is 164 Å². The number of allylic oxidation sites excluding steroid dienone is 1. The molecule has 0 bridgehead atoms. The number of anilines is 1. The molecule has 1 aliphatic carbocycles. The molecule has 6 heteroatoms. The highest BCUT2D eigenvalue weighted by Gasteiger charge is 2.46. The standard InChI is InChI=1S/C22H22N5O/c1-2-10-25-18(5-1)16-28-22-9-4-8-20(13-22)26(19-6-3-7-19)27-12-11-23-14-21(27)15-24-17-27/h1-2,4-5,8-15,17,19H,3,6-7,16H2/q+1. The first-order valence-electron chi connectivity index (χ1n) is 9.62. The molecule has 1 fully saturated rings. The highest BCUT2D eigenvalue weighted by atomic mass is 16.5. The third-order valence-electron chi connectivity index (χ3n) is 5.42. The number of quaternary nitrogens is 1. The number of hydrogen-bond donors (Lipinski definition) is 0. The Morgan fingerprint density at radius 3 is 2.89 bits per heavy atom. The molecule has 2 aromatic rings. The van der Waals surface area contributed by atoms with Crippen LogP contribution < -0.4 is 9.75 Å². The van der Waals surface area contributed by atoms with Gasteiger partial charge in [-0.2, -0.15) is 0 Å². The number of pyridine rings is 1. The molecule has 28 heavy (non-hydrogen) atoms. The zero-order chi connectivity index (χ0) is 18.8. The Bertz CT molecular complexity index is 977. The lowest BCUT2D eigenvalue weighted by Gasteiger charge is -2.46. The average Bonchev–Trinajstić information content (AvgIpc) is 3.15. The van der Waals surface area contributed by atoms with Gasteiger partial charge in [0.1, 0.15) is 12.4 Å². The zero-order valence-electron chi connectivity index (χ0n) is 15.6. The number of aromatic nitrogens is 1. The number of hydrogen-bond acceptors (Lipinski definition) is 5. The number of ether oxygens (including phenoxy) is 1. The largest absolute Gasteiger partial charge is 0.487 e. The SMILES string of the molecule is C1=C[N+]2(N(c3cccc(OCc4ccccn4)c3)C3CCC3)C=NC=C2C=N1. The molecular formula is C22H22N5O+. The lowest BCUT2D eigenvalue weighted by atomic mass is 9.91. The predicted octanol–water partition coefficient (Wildman–Crippen LogP) is 4.19. The van der Waals surface area contributed by atoms with Crippen LogP contribution in [0, 0.1) is 0 Å². The fraction of sp³-hybridized carbons (Fsp3) is 0.227. The van der Waals surface area contributed by atoms with Crippen LogP contribution in [0.3, 0.4) is 0 Å². The summed E-state index contributed by atoms with van der Waals surface area (Å²) in [6.07, 6.45) is 15.1. The summed E-state index contributed by atoms with van der Waals surface area (Å²) in [6.45, 7) is 0.451. The van der Waals surface area contributed by atoms with E-state index in [0.717, 1.165) is 22.8 Å². The van der Waals surface area contributed by atoms with E-state index < -0.39 is 0 Å². The molecule has 140 valence electrons. The van der Waals surface area contributed by atoms with Gasteiger partial charge in [-0.3, -0.25) is 9.98 Å². The quantitative estimate of drug-likeness (QED) is 0.715. The first-order valence-corrected chi connectivity index (χ1v) is 9.62. The van der Waals surface area contributed by atoms with Gasteiger partial charge in [0.2, 0.25) is 12.0 Å². The molecular weight excluding hydrogens is 350 g/mol. The van der Waals surface area contributed by atoms with Crippen molar-refractivity contribution >= 4 is 18.2 Å². The number of benzene rings is 1. The molecule has 0 saturated heterocycles. The van der Waals surface area contributed by atoms with E-state index in [4.69, 9.17) is 4.74 Å². The topological polar surface area (TPSA) is 50.1 Å². The zero-order valence-corrected chi connectivity index (χ0v) is 15.6. The lowest BCUT2D eigenvalue weighted by Crippen LogP contribution is -2.61. The van der Waals surface area contributed by atoms with E-state index in [1.807, 2.05) is 55.3 Å². The second-order valence-corrected chi connectivity index (χ2v) is 7.17. The van der Waals surface area contributed by atoms with Gasteiger partial charge in [0.15, 0.2) is 6.20 Å². The van der Waals surface area contributed by atoms with E-state index in [2.05, 4.69) is 38.3 Å². The molecule has 5 rings (SSSR count). The van der Waals surface area contributed by atoms with Crippen LogP contribution in [0.15, 0.2) is 82.9 Å². The number of nitrogens with zero attached hydrogens (tertiary/aromatic N) is 5. The maximum atomic E-state index is 6.02. The van der Waals surface area contributed by atoms with E-state index >= 15 is 0 Å². The molecule has 1 unspecified atom stereocenters. The van der Waals surface area contributed by atoms with Gasteiger partial charge in [0.25, 0.3) is 0 Å². The van der Waals surface area contributed by atoms with Crippen molar-refractivity contribution in [1.29, 1.82) is 0 Å². The van der Waals surface area contributed by atoms with Crippen molar-refractivity contribution in [3.05, 3.63) is 78.7 Å². The maximum Gasteiger partial charge on any atom is 0.225 e. The van der Waals surface area contributed by atoms with Crippen LogP contribution in [0.25, 0.3) is 0 Å². The normalized spacial score (nSPS) is 22.5. The van der Waals surface area contributed by atoms with Gasteiger partial charge in [-0.1, -0.05) is 12.1 Å². The monoisotopic (exact) mass is 372 g/mol. The van der Waals surface area contributed by atoms with Crippen molar-refractivity contribution in [2.24, 2.45) is 9.98 Å². The van der Waals surface area contributed by atoms with Crippen LogP contribution in [0.4, 0.5) is 5.69 Å². The Morgan fingerprint density at radius 1 is 1.11 bits per heavy atom. The highest BCUT2D eigenvalue weighted by Crippen LogP contribution is 2.39. The van der Waals surface area contributed by atoms with Crippen molar-refractivity contribution < 1.29 is 9.33 Å². The molecule has 3 heterocycles. The molecule has 0 N–H and O–H groups in total. The summed E-state index contributed by atoms with van der Waals surface area (Å²) in [4.78, 5) is 13.1. The molecule has 1 aromatic heterocycles. The molecule has 1 aromatic carbocycles. The van der Waals surface area contributed by atoms with Gasteiger partial charge in [0, 0.05) is 12.3 Å². The summed E-state index contributed by atoms with van der Waals surface area (Å²) in [5.74, 6) is 0.835. The van der Waals surface area contributed by atoms with Crippen LogP contribution in [-0.2, 0) is 6.61 Å². The van der Waals surface area contributed by atoms with Gasteiger partial charge in [-0.05, 0) is 43.5 Å². The molecule has 2 aliphatic heterocycles.